The first-order valence-electron chi connectivity index (χ1n) is 8.80. The molecule has 1 amide bonds. The van der Waals surface area contributed by atoms with Crippen LogP contribution in [0.3, 0.4) is 0 Å². The molecule has 0 spiro atoms. The third-order valence-corrected chi connectivity index (χ3v) is 5.16. The maximum atomic E-state index is 12.4. The summed E-state index contributed by atoms with van der Waals surface area (Å²) in [6, 6.07) is 8.01. The molecule has 1 aliphatic carbocycles. The summed E-state index contributed by atoms with van der Waals surface area (Å²) in [5.41, 5.74) is 3.56. The second kappa shape index (κ2) is 6.52. The van der Waals surface area contributed by atoms with Crippen LogP contribution in [0, 0.1) is 19.3 Å². The van der Waals surface area contributed by atoms with Crippen LogP contribution in [0.2, 0.25) is 0 Å². The Hall–Kier alpha value is -2.33. The van der Waals surface area contributed by atoms with Gasteiger partial charge in [0, 0.05) is 25.6 Å². The molecule has 1 N–H and O–H groups in total. The number of hydrogen-bond acceptors (Lipinski definition) is 3. The van der Waals surface area contributed by atoms with Gasteiger partial charge in [0.2, 0.25) is 5.91 Å². The highest BCUT2D eigenvalue weighted by Gasteiger charge is 2.42. The van der Waals surface area contributed by atoms with Gasteiger partial charge in [-0.2, -0.15) is 0 Å². The van der Waals surface area contributed by atoms with E-state index in [1.807, 2.05) is 37.5 Å². The van der Waals surface area contributed by atoms with Gasteiger partial charge in [-0.05, 0) is 43.2 Å². The van der Waals surface area contributed by atoms with Crippen molar-refractivity contribution in [1.82, 2.24) is 10.2 Å². The van der Waals surface area contributed by atoms with Crippen LogP contribution in [0.15, 0.2) is 59.8 Å². The second-order valence-corrected chi connectivity index (χ2v) is 6.91. The van der Waals surface area contributed by atoms with Crippen molar-refractivity contribution in [2.75, 3.05) is 13.6 Å². The molecule has 25 heavy (non-hydrogen) atoms. The number of hydrogen-bond donors (Lipinski definition) is 1. The molecule has 4 rings (SSSR count). The van der Waals surface area contributed by atoms with Crippen molar-refractivity contribution < 1.29 is 9.53 Å². The summed E-state index contributed by atoms with van der Waals surface area (Å²) in [4.78, 5) is 14.1. The Kier molecular flexibility index (Phi) is 4.22. The minimum Gasteiger partial charge on any atom is -0.485 e. The molecule has 1 aromatic carbocycles. The van der Waals surface area contributed by atoms with E-state index < -0.39 is 0 Å². The lowest BCUT2D eigenvalue weighted by atomic mass is 9.80. The van der Waals surface area contributed by atoms with Gasteiger partial charge in [-0.15, -0.1) is 0 Å². The van der Waals surface area contributed by atoms with E-state index in [1.54, 1.807) is 4.90 Å². The van der Waals surface area contributed by atoms with E-state index in [1.165, 1.54) is 11.1 Å². The van der Waals surface area contributed by atoms with Crippen LogP contribution in [0.1, 0.15) is 12.0 Å². The zero-order valence-electron chi connectivity index (χ0n) is 14.6. The molecule has 0 aromatic heterocycles. The number of aryl methyl sites for hydroxylation is 1. The minimum absolute atomic E-state index is 0.114. The topological polar surface area (TPSA) is 41.6 Å². The number of carbonyl (C=O) groups is 1. The average molecular weight is 335 g/mol. The molecule has 3 unspecified atom stereocenters. The monoisotopic (exact) mass is 335 g/mol. The van der Waals surface area contributed by atoms with Crippen LogP contribution >= 0.6 is 0 Å². The molecule has 3 aliphatic rings. The van der Waals surface area contributed by atoms with Crippen molar-refractivity contribution in [3.63, 3.8) is 0 Å². The summed E-state index contributed by atoms with van der Waals surface area (Å²) in [5, 5.41) is 3.35. The number of carbonyl (C=O) groups excluding carboxylic acids is 1. The average Bonchev–Trinajstić information content (AvgIpc) is 3.11. The number of likely N-dealkylation sites (N-methyl/N-ethyl adjacent to an activating group) is 1. The van der Waals surface area contributed by atoms with Crippen molar-refractivity contribution in [2.24, 2.45) is 5.92 Å². The number of benzene rings is 1. The van der Waals surface area contributed by atoms with Gasteiger partial charge in [-0.1, -0.05) is 35.9 Å². The summed E-state index contributed by atoms with van der Waals surface area (Å²) in [6.07, 6.45) is 11.1. The Bertz CT molecular complexity index is 761. The number of fused-ring (bicyclic) bond motifs is 1. The van der Waals surface area contributed by atoms with Crippen molar-refractivity contribution in [3.05, 3.63) is 71.8 Å². The van der Waals surface area contributed by atoms with Crippen LogP contribution in [-0.2, 0) is 4.79 Å². The largest absolute Gasteiger partial charge is 0.485 e. The number of rotatable bonds is 3. The van der Waals surface area contributed by atoms with Crippen LogP contribution in [0.25, 0.3) is 0 Å². The van der Waals surface area contributed by atoms with Crippen molar-refractivity contribution in [1.29, 1.82) is 0 Å². The number of nitrogens with one attached hydrogen (secondary N) is 1. The van der Waals surface area contributed by atoms with Gasteiger partial charge in [0.25, 0.3) is 0 Å². The van der Waals surface area contributed by atoms with E-state index in [4.69, 9.17) is 4.74 Å². The molecule has 1 fully saturated rings. The second-order valence-electron chi connectivity index (χ2n) is 6.91. The number of allylic oxidation sites excluding steroid dienone is 2. The molecule has 0 bridgehead atoms. The lowest BCUT2D eigenvalue weighted by Gasteiger charge is -2.35. The Balaban J connectivity index is 1.63. The molecule has 4 nitrogen and oxygen atoms in total. The predicted octanol–water partition coefficient (Wildman–Crippen LogP) is 2.78. The fourth-order valence-corrected chi connectivity index (χ4v) is 3.82. The number of amides is 1. The minimum atomic E-state index is -0.137. The van der Waals surface area contributed by atoms with Crippen LogP contribution < -0.4 is 10.1 Å². The zero-order valence-corrected chi connectivity index (χ0v) is 14.6. The highest BCUT2D eigenvalue weighted by molar-refractivity contribution is 5.85. The Labute approximate surface area is 148 Å². The van der Waals surface area contributed by atoms with Gasteiger partial charge in [0.15, 0.2) is 0 Å². The lowest BCUT2D eigenvalue weighted by Crippen LogP contribution is -2.47. The first kappa shape index (κ1) is 16.2. The summed E-state index contributed by atoms with van der Waals surface area (Å²) in [7, 11) is 1.83. The van der Waals surface area contributed by atoms with Crippen molar-refractivity contribution in [2.45, 2.75) is 25.5 Å². The maximum Gasteiger partial charge on any atom is 0.244 e. The van der Waals surface area contributed by atoms with Crippen LogP contribution in [-0.4, -0.2) is 36.5 Å². The smallest absolute Gasteiger partial charge is 0.244 e. The third-order valence-electron chi connectivity index (χ3n) is 5.16. The Morgan fingerprint density at radius 1 is 1.16 bits per heavy atom. The Morgan fingerprint density at radius 2 is 1.96 bits per heavy atom. The molecule has 1 saturated heterocycles. The first-order valence-corrected chi connectivity index (χ1v) is 8.80. The molecule has 4 heteroatoms. The summed E-state index contributed by atoms with van der Waals surface area (Å²) in [6.45, 7) is 2.94. The highest BCUT2D eigenvalue weighted by Crippen LogP contribution is 2.37. The van der Waals surface area contributed by atoms with Crippen molar-refractivity contribution in [3.8, 4) is 5.75 Å². The molecule has 2 heterocycles. The molecular formula is C21H23N2O2. The van der Waals surface area contributed by atoms with E-state index in [9.17, 15) is 4.79 Å². The molecule has 1 aromatic rings. The normalized spacial score (nSPS) is 28.5. The van der Waals surface area contributed by atoms with Gasteiger partial charge < -0.3 is 15.0 Å². The lowest BCUT2D eigenvalue weighted by molar-refractivity contribution is -0.130. The molecule has 3 atom stereocenters. The van der Waals surface area contributed by atoms with Gasteiger partial charge in [-0.3, -0.25) is 4.79 Å². The number of nitrogens with zero attached hydrogens (tertiary/aromatic N) is 1. The molecule has 129 valence electrons. The van der Waals surface area contributed by atoms with Crippen molar-refractivity contribution >= 4 is 5.91 Å². The molecular weight excluding hydrogens is 312 g/mol. The first-order chi connectivity index (χ1) is 12.1. The summed E-state index contributed by atoms with van der Waals surface area (Å²) in [5.74, 6) is 1.23. The third kappa shape index (κ3) is 3.02. The molecule has 0 saturated carbocycles. The van der Waals surface area contributed by atoms with E-state index in [0.717, 1.165) is 24.3 Å². The zero-order chi connectivity index (χ0) is 17.4. The van der Waals surface area contributed by atoms with E-state index in [-0.39, 0.29) is 24.0 Å². The SMILES string of the molecule is Cc1ccc(OC2[CH]C=CC=C2C2=CN(C)C(=O)C3NCCC23)cc1. The quantitative estimate of drug-likeness (QED) is 0.923. The fourth-order valence-electron chi connectivity index (χ4n) is 3.82. The van der Waals surface area contributed by atoms with Gasteiger partial charge in [0.05, 0.1) is 6.04 Å². The van der Waals surface area contributed by atoms with E-state index in [0.29, 0.717) is 0 Å². The standard InChI is InChI=1S/C21H23N2O2/c1-14-7-9-15(10-8-14)25-19-6-4-3-5-16(19)18-13-23(2)21(24)20-17(18)11-12-22-20/h3-10,13,17,19-20,22H,11-12H2,1-2H3. The highest BCUT2D eigenvalue weighted by atomic mass is 16.5. The van der Waals surface area contributed by atoms with Gasteiger partial charge >= 0.3 is 0 Å². The summed E-state index contributed by atoms with van der Waals surface area (Å²) < 4.78 is 6.25. The maximum absolute atomic E-state index is 12.4. The molecule has 1 radical (unpaired) electrons. The fraction of sp³-hybridized carbons (Fsp3) is 0.333. The van der Waals surface area contributed by atoms with E-state index in [2.05, 4.69) is 36.9 Å². The summed E-state index contributed by atoms with van der Waals surface area (Å²) >= 11 is 0. The van der Waals surface area contributed by atoms with Gasteiger partial charge in [-0.25, -0.2) is 0 Å². The predicted molar refractivity (Wildman–Crippen MR) is 97.9 cm³/mol. The number of ether oxygens (including phenoxy) is 1. The van der Waals surface area contributed by atoms with Crippen LogP contribution in [0.5, 0.6) is 5.75 Å². The van der Waals surface area contributed by atoms with Crippen LogP contribution in [0.4, 0.5) is 0 Å². The molecule has 2 aliphatic heterocycles. The van der Waals surface area contributed by atoms with Gasteiger partial charge in [0.1, 0.15) is 11.9 Å². The van der Waals surface area contributed by atoms with E-state index >= 15 is 0 Å². The Morgan fingerprint density at radius 3 is 2.76 bits per heavy atom.